The molecule has 9 heteroatoms. The molecule has 6 nitrogen and oxygen atoms in total. The minimum atomic E-state index is -4.61. The molecule has 2 aliphatic heterocycles. The van der Waals surface area contributed by atoms with Gasteiger partial charge < -0.3 is 10.2 Å². The predicted octanol–water partition coefficient (Wildman–Crippen LogP) is 3.09. The molecule has 3 amide bonds. The lowest BCUT2D eigenvalue weighted by Crippen LogP contribution is -2.45. The Labute approximate surface area is 164 Å². The normalized spacial score (nSPS) is 19.5. The number of hydrogen-bond donors (Lipinski definition) is 1. The van der Waals surface area contributed by atoms with Crippen molar-refractivity contribution in [2.24, 2.45) is 0 Å². The predicted molar refractivity (Wildman–Crippen MR) is 97.2 cm³/mol. The van der Waals surface area contributed by atoms with Crippen LogP contribution >= 0.6 is 0 Å². The van der Waals surface area contributed by atoms with Crippen LogP contribution in [0, 0.1) is 0 Å². The molecule has 0 fully saturated rings. The zero-order valence-electron chi connectivity index (χ0n) is 15.4. The topological polar surface area (TPSA) is 65.5 Å². The first-order chi connectivity index (χ1) is 13.8. The van der Waals surface area contributed by atoms with Crippen molar-refractivity contribution >= 4 is 11.9 Å². The molecule has 0 saturated carbocycles. The van der Waals surface area contributed by atoms with Crippen molar-refractivity contribution in [3.05, 3.63) is 76.8 Å². The Morgan fingerprint density at radius 1 is 1.17 bits per heavy atom. The van der Waals surface area contributed by atoms with Crippen LogP contribution in [-0.2, 0) is 17.5 Å². The van der Waals surface area contributed by atoms with E-state index in [0.29, 0.717) is 5.70 Å². The van der Waals surface area contributed by atoms with Crippen LogP contribution in [0.2, 0.25) is 0 Å². The van der Waals surface area contributed by atoms with Crippen molar-refractivity contribution in [1.82, 2.24) is 20.1 Å². The second kappa shape index (κ2) is 6.91. The van der Waals surface area contributed by atoms with E-state index in [1.807, 2.05) is 0 Å². The fourth-order valence-electron chi connectivity index (χ4n) is 3.70. The van der Waals surface area contributed by atoms with Crippen LogP contribution < -0.4 is 5.32 Å². The molecule has 29 heavy (non-hydrogen) atoms. The number of likely N-dealkylation sites (N-methyl/N-ethyl adjacent to an activating group) is 1. The van der Waals surface area contributed by atoms with E-state index in [1.165, 1.54) is 35.0 Å². The van der Waals surface area contributed by atoms with E-state index in [9.17, 15) is 22.8 Å². The molecule has 2 aliphatic rings. The molecule has 1 atom stereocenters. The van der Waals surface area contributed by atoms with Crippen molar-refractivity contribution in [2.75, 3.05) is 13.6 Å². The van der Waals surface area contributed by atoms with Crippen LogP contribution in [0.25, 0.3) is 0 Å². The molecule has 1 N–H and O–H groups in total. The van der Waals surface area contributed by atoms with Gasteiger partial charge in [-0.25, -0.2) is 4.79 Å². The van der Waals surface area contributed by atoms with Gasteiger partial charge in [-0.1, -0.05) is 24.3 Å². The lowest BCUT2D eigenvalue weighted by molar-refractivity contribution is -0.138. The third-order valence-corrected chi connectivity index (χ3v) is 5.11. The molecule has 0 spiro atoms. The van der Waals surface area contributed by atoms with Gasteiger partial charge in [-0.05, 0) is 23.3 Å². The second-order valence-corrected chi connectivity index (χ2v) is 6.91. The minimum Gasteiger partial charge on any atom is -0.329 e. The number of pyridine rings is 1. The largest absolute Gasteiger partial charge is 0.416 e. The Bertz CT molecular complexity index is 1000. The molecule has 3 heterocycles. The molecular formula is C20H17F3N4O2. The maximum absolute atomic E-state index is 13.5. The van der Waals surface area contributed by atoms with Crippen molar-refractivity contribution in [1.29, 1.82) is 0 Å². The molecule has 2 aromatic rings. The fraction of sp³-hybridized carbons (Fsp3) is 0.250. The Kier molecular flexibility index (Phi) is 4.52. The average molecular weight is 402 g/mol. The maximum atomic E-state index is 13.5. The first-order valence-corrected chi connectivity index (χ1v) is 8.89. The van der Waals surface area contributed by atoms with Gasteiger partial charge in [-0.3, -0.25) is 14.7 Å². The Balaban J connectivity index is 1.74. The van der Waals surface area contributed by atoms with Crippen LogP contribution in [0.4, 0.5) is 18.0 Å². The SMILES string of the molecule is CN1C(=O)N[C@@H](c2ccccc2C(F)(F)F)C2=C1CN(Cc1cccnc1)C2=O. The summed E-state index contributed by atoms with van der Waals surface area (Å²) in [7, 11) is 1.50. The summed E-state index contributed by atoms with van der Waals surface area (Å²) in [5, 5.41) is 2.55. The van der Waals surface area contributed by atoms with Crippen LogP contribution in [-0.4, -0.2) is 40.3 Å². The number of carbonyl (C=O) groups is 2. The number of alkyl halides is 3. The van der Waals surface area contributed by atoms with Crippen molar-refractivity contribution in [3.8, 4) is 0 Å². The zero-order chi connectivity index (χ0) is 20.8. The number of amides is 3. The highest BCUT2D eigenvalue weighted by Crippen LogP contribution is 2.41. The van der Waals surface area contributed by atoms with Gasteiger partial charge in [0.2, 0.25) is 0 Å². The number of aromatic nitrogens is 1. The van der Waals surface area contributed by atoms with Gasteiger partial charge in [0.1, 0.15) is 0 Å². The van der Waals surface area contributed by atoms with Gasteiger partial charge >= 0.3 is 12.2 Å². The van der Waals surface area contributed by atoms with E-state index in [4.69, 9.17) is 0 Å². The van der Waals surface area contributed by atoms with Gasteiger partial charge in [0, 0.05) is 26.0 Å². The van der Waals surface area contributed by atoms with E-state index in [0.717, 1.165) is 11.6 Å². The highest BCUT2D eigenvalue weighted by atomic mass is 19.4. The molecule has 1 aromatic heterocycles. The molecule has 0 unspecified atom stereocenters. The summed E-state index contributed by atoms with van der Waals surface area (Å²) >= 11 is 0. The second-order valence-electron chi connectivity index (χ2n) is 6.91. The van der Waals surface area contributed by atoms with Crippen molar-refractivity contribution in [2.45, 2.75) is 18.8 Å². The lowest BCUT2D eigenvalue weighted by Gasteiger charge is -2.32. The Hall–Kier alpha value is -3.36. The van der Waals surface area contributed by atoms with E-state index < -0.39 is 29.7 Å². The lowest BCUT2D eigenvalue weighted by atomic mass is 9.92. The fourth-order valence-corrected chi connectivity index (χ4v) is 3.70. The third kappa shape index (κ3) is 3.32. The number of halogens is 3. The first kappa shape index (κ1) is 19.0. The monoisotopic (exact) mass is 402 g/mol. The highest BCUT2D eigenvalue weighted by Gasteiger charge is 2.45. The maximum Gasteiger partial charge on any atom is 0.416 e. The Morgan fingerprint density at radius 2 is 1.93 bits per heavy atom. The highest BCUT2D eigenvalue weighted by molar-refractivity contribution is 6.01. The average Bonchev–Trinajstić information content (AvgIpc) is 3.01. The van der Waals surface area contributed by atoms with Crippen molar-refractivity contribution < 1.29 is 22.8 Å². The number of nitrogens with one attached hydrogen (secondary N) is 1. The first-order valence-electron chi connectivity index (χ1n) is 8.89. The smallest absolute Gasteiger partial charge is 0.329 e. The minimum absolute atomic E-state index is 0.137. The zero-order valence-corrected chi connectivity index (χ0v) is 15.4. The summed E-state index contributed by atoms with van der Waals surface area (Å²) in [6.07, 6.45) is -1.38. The number of benzene rings is 1. The quantitative estimate of drug-likeness (QED) is 0.858. The summed E-state index contributed by atoms with van der Waals surface area (Å²) in [5.74, 6) is -0.405. The van der Waals surface area contributed by atoms with Crippen LogP contribution in [0.3, 0.4) is 0 Å². The summed E-state index contributed by atoms with van der Waals surface area (Å²) in [6.45, 7) is 0.382. The number of carbonyl (C=O) groups excluding carboxylic acids is 2. The molecule has 1 aromatic carbocycles. The molecular weight excluding hydrogens is 385 g/mol. The van der Waals surface area contributed by atoms with Crippen LogP contribution in [0.1, 0.15) is 22.7 Å². The van der Waals surface area contributed by atoms with E-state index >= 15 is 0 Å². The van der Waals surface area contributed by atoms with Crippen molar-refractivity contribution in [3.63, 3.8) is 0 Å². The molecule has 150 valence electrons. The number of urea groups is 1. The molecule has 0 saturated heterocycles. The standard InChI is InChI=1S/C20H17F3N4O2/c1-26-15-11-27(10-12-5-4-8-24-9-12)18(28)16(15)17(25-19(26)29)13-6-2-3-7-14(13)20(21,22)23/h2-9,17H,10-11H2,1H3,(H,25,29)/t17-/m0/s1. The van der Waals surface area contributed by atoms with Gasteiger partial charge in [-0.15, -0.1) is 0 Å². The molecule has 4 rings (SSSR count). The molecule has 0 bridgehead atoms. The summed E-state index contributed by atoms with van der Waals surface area (Å²) < 4.78 is 40.6. The van der Waals surface area contributed by atoms with Gasteiger partial charge in [0.05, 0.1) is 29.4 Å². The third-order valence-electron chi connectivity index (χ3n) is 5.11. The summed E-state index contributed by atoms with van der Waals surface area (Å²) in [6, 6.07) is 6.81. The number of hydrogen-bond acceptors (Lipinski definition) is 3. The van der Waals surface area contributed by atoms with Crippen LogP contribution in [0.15, 0.2) is 60.1 Å². The summed E-state index contributed by atoms with van der Waals surface area (Å²) in [5.41, 5.74) is 0.331. The summed E-state index contributed by atoms with van der Waals surface area (Å²) in [4.78, 5) is 32.3. The molecule has 0 radical (unpaired) electrons. The van der Waals surface area contributed by atoms with E-state index in [2.05, 4.69) is 10.3 Å². The van der Waals surface area contributed by atoms with Gasteiger partial charge in [-0.2, -0.15) is 13.2 Å². The Morgan fingerprint density at radius 3 is 2.62 bits per heavy atom. The molecule has 0 aliphatic carbocycles. The van der Waals surface area contributed by atoms with Gasteiger partial charge in [0.25, 0.3) is 5.91 Å². The van der Waals surface area contributed by atoms with Crippen LogP contribution in [0.5, 0.6) is 0 Å². The van der Waals surface area contributed by atoms with E-state index in [-0.39, 0.29) is 24.2 Å². The van der Waals surface area contributed by atoms with E-state index in [1.54, 1.807) is 24.5 Å². The number of nitrogens with zero attached hydrogens (tertiary/aromatic N) is 3. The number of rotatable bonds is 3. The van der Waals surface area contributed by atoms with Gasteiger partial charge in [0.15, 0.2) is 0 Å².